The van der Waals surface area contributed by atoms with E-state index in [2.05, 4.69) is 30.7 Å². The highest BCUT2D eigenvalue weighted by atomic mass is 16.5. The molecule has 1 aromatic carbocycles. The summed E-state index contributed by atoms with van der Waals surface area (Å²) < 4.78 is 5.27. The number of carboxylic acids is 1. The second-order valence-electron chi connectivity index (χ2n) is 9.25. The molecule has 0 bridgehead atoms. The SMILES string of the molecule is COc1ccc2nc(C[C@H]3CN(C(=O)CC(C)(C)C)CC[C@H]3CC(=O)O)[nH]c2c1. The van der Waals surface area contributed by atoms with Gasteiger partial charge in [-0.2, -0.15) is 0 Å². The highest BCUT2D eigenvalue weighted by Gasteiger charge is 2.34. The van der Waals surface area contributed by atoms with Crippen LogP contribution in [0.25, 0.3) is 11.0 Å². The van der Waals surface area contributed by atoms with Gasteiger partial charge in [-0.1, -0.05) is 20.8 Å². The Morgan fingerprint density at radius 3 is 2.72 bits per heavy atom. The first-order valence-electron chi connectivity index (χ1n) is 10.2. The molecule has 1 aliphatic rings. The highest BCUT2D eigenvalue weighted by molar-refractivity contribution is 5.77. The van der Waals surface area contributed by atoms with Gasteiger partial charge in [0.25, 0.3) is 0 Å². The van der Waals surface area contributed by atoms with Crippen molar-refractivity contribution in [2.24, 2.45) is 17.3 Å². The van der Waals surface area contributed by atoms with Crippen molar-refractivity contribution in [2.45, 2.75) is 46.5 Å². The summed E-state index contributed by atoms with van der Waals surface area (Å²) in [6, 6.07) is 5.68. The number of nitrogens with one attached hydrogen (secondary N) is 1. The molecule has 7 heteroatoms. The lowest BCUT2D eigenvalue weighted by Gasteiger charge is -2.39. The van der Waals surface area contributed by atoms with E-state index < -0.39 is 5.97 Å². The average molecular weight is 402 g/mol. The number of imidazole rings is 1. The van der Waals surface area contributed by atoms with Crippen LogP contribution in [0.5, 0.6) is 5.75 Å². The molecule has 3 rings (SSSR count). The molecule has 2 aromatic rings. The van der Waals surface area contributed by atoms with E-state index in [1.165, 1.54) is 0 Å². The van der Waals surface area contributed by atoms with E-state index in [-0.39, 0.29) is 29.6 Å². The van der Waals surface area contributed by atoms with Crippen molar-refractivity contribution in [3.05, 3.63) is 24.0 Å². The summed E-state index contributed by atoms with van der Waals surface area (Å²) in [4.78, 5) is 34.0. The number of rotatable bonds is 6. The van der Waals surface area contributed by atoms with Crippen molar-refractivity contribution in [1.29, 1.82) is 0 Å². The smallest absolute Gasteiger partial charge is 0.303 e. The summed E-state index contributed by atoms with van der Waals surface area (Å²) in [5, 5.41) is 9.33. The lowest BCUT2D eigenvalue weighted by molar-refractivity contribution is -0.140. The first-order valence-corrected chi connectivity index (χ1v) is 10.2. The molecule has 0 unspecified atom stereocenters. The van der Waals surface area contributed by atoms with Gasteiger partial charge in [-0.3, -0.25) is 9.59 Å². The number of aliphatic carboxylic acids is 1. The van der Waals surface area contributed by atoms with Crippen molar-refractivity contribution >= 4 is 22.9 Å². The Balaban J connectivity index is 1.77. The van der Waals surface area contributed by atoms with Crippen molar-refractivity contribution in [1.82, 2.24) is 14.9 Å². The number of methoxy groups -OCH3 is 1. The van der Waals surface area contributed by atoms with E-state index in [1.54, 1.807) is 7.11 Å². The third-order valence-corrected chi connectivity index (χ3v) is 5.56. The van der Waals surface area contributed by atoms with Crippen LogP contribution >= 0.6 is 0 Å². The Kier molecular flexibility index (Phi) is 6.15. The van der Waals surface area contributed by atoms with Crippen LogP contribution in [0.15, 0.2) is 18.2 Å². The maximum absolute atomic E-state index is 12.7. The number of aromatic nitrogens is 2. The second-order valence-corrected chi connectivity index (χ2v) is 9.25. The van der Waals surface area contributed by atoms with E-state index in [4.69, 9.17) is 4.74 Å². The molecule has 0 spiro atoms. The van der Waals surface area contributed by atoms with Crippen molar-refractivity contribution in [3.63, 3.8) is 0 Å². The maximum Gasteiger partial charge on any atom is 0.303 e. The molecule has 2 N–H and O–H groups in total. The fraction of sp³-hybridized carbons (Fsp3) is 0.591. The fourth-order valence-electron chi connectivity index (χ4n) is 4.11. The van der Waals surface area contributed by atoms with Gasteiger partial charge < -0.3 is 19.7 Å². The Labute approximate surface area is 171 Å². The third kappa shape index (κ3) is 5.49. The minimum Gasteiger partial charge on any atom is -0.497 e. The molecule has 1 saturated heterocycles. The van der Waals surface area contributed by atoms with Crippen molar-refractivity contribution in [2.75, 3.05) is 20.2 Å². The first kappa shape index (κ1) is 21.1. The molecule has 0 aliphatic carbocycles. The third-order valence-electron chi connectivity index (χ3n) is 5.56. The van der Waals surface area contributed by atoms with Gasteiger partial charge in [-0.25, -0.2) is 4.98 Å². The Hall–Kier alpha value is -2.57. The largest absolute Gasteiger partial charge is 0.497 e. The monoisotopic (exact) mass is 401 g/mol. The number of hydrogen-bond donors (Lipinski definition) is 2. The standard InChI is InChI=1S/C22H31N3O4/c1-22(2,3)12-20(26)25-8-7-14(10-21(27)28)15(13-25)9-19-23-17-6-5-16(29-4)11-18(17)24-19/h5-6,11,14-15H,7-10,12-13H2,1-4H3,(H,23,24)(H,27,28)/t14-,15-/m0/s1. The maximum atomic E-state index is 12.7. The normalized spacial score (nSPS) is 20.1. The zero-order valence-corrected chi connectivity index (χ0v) is 17.7. The molecule has 158 valence electrons. The lowest BCUT2D eigenvalue weighted by Crippen LogP contribution is -2.46. The molecule has 0 saturated carbocycles. The van der Waals surface area contributed by atoms with Crippen molar-refractivity contribution < 1.29 is 19.4 Å². The van der Waals surface area contributed by atoms with Crippen LogP contribution < -0.4 is 4.74 Å². The van der Waals surface area contributed by atoms with Gasteiger partial charge in [0.2, 0.25) is 5.91 Å². The Bertz CT molecular complexity index is 884. The number of carbonyl (C=O) groups is 2. The number of benzene rings is 1. The number of fused-ring (bicyclic) bond motifs is 1. The zero-order valence-electron chi connectivity index (χ0n) is 17.7. The number of amides is 1. The first-order chi connectivity index (χ1) is 13.6. The summed E-state index contributed by atoms with van der Waals surface area (Å²) in [7, 11) is 1.63. The molecular weight excluding hydrogens is 370 g/mol. The van der Waals surface area contributed by atoms with Crippen LogP contribution in [0.4, 0.5) is 0 Å². The minimum absolute atomic E-state index is 0.0361. The minimum atomic E-state index is -0.788. The van der Waals surface area contributed by atoms with Gasteiger partial charge in [0.05, 0.1) is 18.1 Å². The quantitative estimate of drug-likeness (QED) is 0.772. The molecule has 29 heavy (non-hydrogen) atoms. The summed E-state index contributed by atoms with van der Waals surface area (Å²) in [5.74, 6) is 1.03. The summed E-state index contributed by atoms with van der Waals surface area (Å²) in [6.07, 6.45) is 1.95. The number of aromatic amines is 1. The van der Waals surface area contributed by atoms with Crippen molar-refractivity contribution in [3.8, 4) is 5.75 Å². The van der Waals surface area contributed by atoms with Gasteiger partial charge in [-0.05, 0) is 35.8 Å². The number of piperidine rings is 1. The van der Waals surface area contributed by atoms with Crippen LogP contribution in [0.2, 0.25) is 0 Å². The van der Waals surface area contributed by atoms with Gasteiger partial charge >= 0.3 is 5.97 Å². The number of nitrogens with zero attached hydrogens (tertiary/aromatic N) is 2. The molecule has 1 amide bonds. The number of hydrogen-bond acceptors (Lipinski definition) is 4. The molecule has 2 heterocycles. The van der Waals surface area contributed by atoms with Crippen LogP contribution in [0.3, 0.4) is 0 Å². The highest BCUT2D eigenvalue weighted by Crippen LogP contribution is 2.31. The lowest BCUT2D eigenvalue weighted by atomic mass is 9.80. The Morgan fingerprint density at radius 2 is 2.07 bits per heavy atom. The second kappa shape index (κ2) is 8.43. The predicted molar refractivity (Wildman–Crippen MR) is 111 cm³/mol. The average Bonchev–Trinajstić information content (AvgIpc) is 3.02. The summed E-state index contributed by atoms with van der Waals surface area (Å²) in [6.45, 7) is 7.38. The number of ether oxygens (including phenoxy) is 1. The molecule has 1 aromatic heterocycles. The van der Waals surface area contributed by atoms with Crippen LogP contribution in [-0.2, 0) is 16.0 Å². The van der Waals surface area contributed by atoms with E-state index >= 15 is 0 Å². The van der Waals surface area contributed by atoms with Gasteiger partial charge in [-0.15, -0.1) is 0 Å². The van der Waals surface area contributed by atoms with Gasteiger partial charge in [0.15, 0.2) is 0 Å². The number of H-pyrrole nitrogens is 1. The predicted octanol–water partition coefficient (Wildman–Crippen LogP) is 3.49. The van der Waals surface area contributed by atoms with Gasteiger partial charge in [0.1, 0.15) is 11.6 Å². The van der Waals surface area contributed by atoms with E-state index in [9.17, 15) is 14.7 Å². The topological polar surface area (TPSA) is 95.5 Å². The molecule has 1 aliphatic heterocycles. The zero-order chi connectivity index (χ0) is 21.2. The summed E-state index contributed by atoms with van der Waals surface area (Å²) in [5.41, 5.74) is 1.68. The molecule has 0 radical (unpaired) electrons. The summed E-state index contributed by atoms with van der Waals surface area (Å²) >= 11 is 0. The van der Waals surface area contributed by atoms with Crippen LogP contribution in [0.1, 0.15) is 45.9 Å². The number of carbonyl (C=O) groups excluding carboxylic acids is 1. The van der Waals surface area contributed by atoms with E-state index in [0.29, 0.717) is 32.4 Å². The number of carboxylic acid groups (broad SMARTS) is 1. The molecule has 7 nitrogen and oxygen atoms in total. The molecule has 1 fully saturated rings. The van der Waals surface area contributed by atoms with Crippen LogP contribution in [0, 0.1) is 17.3 Å². The molecule has 2 atom stereocenters. The van der Waals surface area contributed by atoms with Crippen LogP contribution in [-0.4, -0.2) is 52.1 Å². The van der Waals surface area contributed by atoms with Gasteiger partial charge in [0, 0.05) is 38.4 Å². The fourth-order valence-corrected chi connectivity index (χ4v) is 4.11. The van der Waals surface area contributed by atoms with E-state index in [1.807, 2.05) is 23.1 Å². The number of likely N-dealkylation sites (tertiary alicyclic amines) is 1. The Morgan fingerprint density at radius 1 is 1.31 bits per heavy atom. The molecular formula is C22H31N3O4. The van der Waals surface area contributed by atoms with E-state index in [0.717, 1.165) is 22.6 Å².